The van der Waals surface area contributed by atoms with E-state index in [0.717, 1.165) is 30.5 Å². The Morgan fingerprint density at radius 1 is 1.08 bits per heavy atom. The quantitative estimate of drug-likeness (QED) is 0.796. The fourth-order valence-electron chi connectivity index (χ4n) is 2.26. The summed E-state index contributed by atoms with van der Waals surface area (Å²) in [6, 6.07) is 11.1. The van der Waals surface area contributed by atoms with Crippen LogP contribution in [-0.2, 0) is 22.6 Å². The van der Waals surface area contributed by atoms with Gasteiger partial charge >= 0.3 is 6.18 Å². The molecule has 0 aromatic heterocycles. The van der Waals surface area contributed by atoms with Crippen molar-refractivity contribution >= 4 is 10.0 Å². The fourth-order valence-corrected chi connectivity index (χ4v) is 3.18. The summed E-state index contributed by atoms with van der Waals surface area (Å²) in [5, 5.41) is 0. The molecule has 0 amide bonds. The Bertz CT molecular complexity index is 908. The van der Waals surface area contributed by atoms with E-state index in [1.165, 1.54) is 24.3 Å². The lowest BCUT2D eigenvalue weighted by Gasteiger charge is -2.06. The monoisotopic (exact) mass is 381 g/mol. The summed E-state index contributed by atoms with van der Waals surface area (Å²) in [5.74, 6) is 5.06. The first-order valence-electron chi connectivity index (χ1n) is 7.97. The molecule has 0 saturated carbocycles. The van der Waals surface area contributed by atoms with Crippen LogP contribution >= 0.6 is 0 Å². The average molecular weight is 381 g/mol. The third-order valence-electron chi connectivity index (χ3n) is 3.55. The van der Waals surface area contributed by atoms with Crippen LogP contribution in [0.3, 0.4) is 0 Å². The topological polar surface area (TPSA) is 46.2 Å². The molecule has 1 N–H and O–H groups in total. The zero-order valence-electron chi connectivity index (χ0n) is 14.1. The van der Waals surface area contributed by atoms with Crippen molar-refractivity contribution in [3.63, 3.8) is 0 Å². The molecule has 0 aliphatic carbocycles. The summed E-state index contributed by atoms with van der Waals surface area (Å²) in [7, 11) is -3.71. The van der Waals surface area contributed by atoms with E-state index in [4.69, 9.17) is 0 Å². The first kappa shape index (κ1) is 20.0. The van der Waals surface area contributed by atoms with Gasteiger partial charge in [0.05, 0.1) is 17.0 Å². The van der Waals surface area contributed by atoms with E-state index in [2.05, 4.69) is 16.6 Å². The van der Waals surface area contributed by atoms with E-state index in [1.807, 2.05) is 6.92 Å². The van der Waals surface area contributed by atoms with Gasteiger partial charge in [-0.3, -0.25) is 0 Å². The SMILES string of the molecule is CCCc1ccc(S(=O)(=O)NCC#Cc2cccc(C(F)(F)F)c2)cc1. The molecule has 0 radical (unpaired) electrons. The lowest BCUT2D eigenvalue weighted by Crippen LogP contribution is -2.24. The van der Waals surface area contributed by atoms with E-state index in [-0.39, 0.29) is 17.0 Å². The van der Waals surface area contributed by atoms with Crippen LogP contribution < -0.4 is 4.72 Å². The van der Waals surface area contributed by atoms with Crippen molar-refractivity contribution in [3.05, 3.63) is 65.2 Å². The van der Waals surface area contributed by atoms with Crippen LogP contribution in [0.25, 0.3) is 0 Å². The van der Waals surface area contributed by atoms with E-state index in [0.29, 0.717) is 0 Å². The van der Waals surface area contributed by atoms with Crippen LogP contribution in [0.5, 0.6) is 0 Å². The maximum absolute atomic E-state index is 12.6. The molecule has 2 aromatic carbocycles. The number of sulfonamides is 1. The number of rotatable bonds is 5. The van der Waals surface area contributed by atoms with Crippen LogP contribution in [0.1, 0.15) is 30.0 Å². The minimum atomic E-state index is -4.44. The van der Waals surface area contributed by atoms with Crippen molar-refractivity contribution in [1.29, 1.82) is 0 Å². The molecule has 0 spiro atoms. The summed E-state index contributed by atoms with van der Waals surface area (Å²) in [6.45, 7) is 1.84. The normalized spacial score (nSPS) is 11.7. The van der Waals surface area contributed by atoms with Crippen molar-refractivity contribution < 1.29 is 21.6 Å². The van der Waals surface area contributed by atoms with Crippen LogP contribution in [0, 0.1) is 11.8 Å². The van der Waals surface area contributed by atoms with Gasteiger partial charge in [-0.25, -0.2) is 8.42 Å². The Labute approximate surface area is 151 Å². The number of alkyl halides is 3. The van der Waals surface area contributed by atoms with Gasteiger partial charge < -0.3 is 0 Å². The zero-order chi connectivity index (χ0) is 19.2. The molecule has 26 heavy (non-hydrogen) atoms. The van der Waals surface area contributed by atoms with Crippen molar-refractivity contribution in [2.45, 2.75) is 30.8 Å². The number of hydrogen-bond acceptors (Lipinski definition) is 2. The Balaban J connectivity index is 2.02. The van der Waals surface area contributed by atoms with E-state index >= 15 is 0 Å². The van der Waals surface area contributed by atoms with Crippen molar-refractivity contribution in [1.82, 2.24) is 4.72 Å². The Kier molecular flexibility index (Phi) is 6.46. The van der Waals surface area contributed by atoms with Gasteiger partial charge in [0.1, 0.15) is 0 Å². The summed E-state index contributed by atoms with van der Waals surface area (Å²) < 4.78 is 64.6. The minimum Gasteiger partial charge on any atom is -0.207 e. The third-order valence-corrected chi connectivity index (χ3v) is 4.96. The minimum absolute atomic E-state index is 0.123. The second kappa shape index (κ2) is 8.39. The zero-order valence-corrected chi connectivity index (χ0v) is 14.9. The predicted octanol–water partition coefficient (Wildman–Crippen LogP) is 3.99. The third kappa shape index (κ3) is 5.61. The number of halogens is 3. The van der Waals surface area contributed by atoms with Gasteiger partial charge in [0.15, 0.2) is 0 Å². The maximum Gasteiger partial charge on any atom is 0.416 e. The number of hydrogen-bond donors (Lipinski definition) is 1. The molecular formula is C19H18F3NO2S. The highest BCUT2D eigenvalue weighted by atomic mass is 32.2. The molecule has 0 bridgehead atoms. The van der Waals surface area contributed by atoms with E-state index < -0.39 is 21.8 Å². The van der Waals surface area contributed by atoms with Crippen LogP contribution in [0.15, 0.2) is 53.4 Å². The highest BCUT2D eigenvalue weighted by molar-refractivity contribution is 7.89. The molecule has 138 valence electrons. The molecular weight excluding hydrogens is 363 g/mol. The molecule has 2 rings (SSSR count). The molecule has 0 heterocycles. The lowest BCUT2D eigenvalue weighted by atomic mass is 10.1. The molecule has 7 heteroatoms. The molecule has 3 nitrogen and oxygen atoms in total. The molecule has 0 aliphatic rings. The summed E-state index contributed by atoms with van der Waals surface area (Å²) in [4.78, 5) is 0.123. The van der Waals surface area contributed by atoms with Gasteiger partial charge in [0, 0.05) is 5.56 Å². The van der Waals surface area contributed by atoms with Gasteiger partial charge in [-0.05, 0) is 42.3 Å². The fraction of sp³-hybridized carbons (Fsp3) is 0.263. The predicted molar refractivity (Wildman–Crippen MR) is 93.9 cm³/mol. The highest BCUT2D eigenvalue weighted by Crippen LogP contribution is 2.29. The van der Waals surface area contributed by atoms with Crippen molar-refractivity contribution in [2.75, 3.05) is 6.54 Å². The first-order chi connectivity index (χ1) is 12.2. The van der Waals surface area contributed by atoms with Crippen molar-refractivity contribution in [2.24, 2.45) is 0 Å². The second-order valence-corrected chi connectivity index (χ2v) is 7.37. The largest absolute Gasteiger partial charge is 0.416 e. The Hall–Kier alpha value is -2.30. The maximum atomic E-state index is 12.6. The number of aryl methyl sites for hydroxylation is 1. The van der Waals surface area contributed by atoms with Crippen LogP contribution in [0.2, 0.25) is 0 Å². The van der Waals surface area contributed by atoms with Gasteiger partial charge in [-0.1, -0.05) is 43.4 Å². The van der Waals surface area contributed by atoms with Gasteiger partial charge in [-0.2, -0.15) is 17.9 Å². The van der Waals surface area contributed by atoms with Crippen molar-refractivity contribution in [3.8, 4) is 11.8 Å². The molecule has 2 aromatic rings. The molecule has 0 atom stereocenters. The van der Waals surface area contributed by atoms with E-state index in [1.54, 1.807) is 12.1 Å². The lowest BCUT2D eigenvalue weighted by molar-refractivity contribution is -0.137. The summed E-state index contributed by atoms with van der Waals surface area (Å²) in [5.41, 5.74) is 0.427. The Morgan fingerprint density at radius 3 is 2.38 bits per heavy atom. The van der Waals surface area contributed by atoms with Gasteiger partial charge in [-0.15, -0.1) is 0 Å². The second-order valence-electron chi connectivity index (χ2n) is 5.60. The number of nitrogens with one attached hydrogen (secondary N) is 1. The average Bonchev–Trinajstić information content (AvgIpc) is 2.59. The summed E-state index contributed by atoms with van der Waals surface area (Å²) >= 11 is 0. The molecule has 0 saturated heterocycles. The molecule has 0 unspecified atom stereocenters. The summed E-state index contributed by atoms with van der Waals surface area (Å²) in [6.07, 6.45) is -2.60. The standard InChI is InChI=1S/C19H18F3NO2S/c1-2-5-15-9-11-18(12-10-15)26(24,25)23-13-4-7-16-6-3-8-17(14-16)19(20,21)22/h3,6,8-12,14,23H,2,5,13H2,1H3. The highest BCUT2D eigenvalue weighted by Gasteiger charge is 2.30. The molecule has 0 fully saturated rings. The Morgan fingerprint density at radius 2 is 1.77 bits per heavy atom. The number of benzene rings is 2. The smallest absolute Gasteiger partial charge is 0.207 e. The van der Waals surface area contributed by atoms with Gasteiger partial charge in [0.25, 0.3) is 0 Å². The van der Waals surface area contributed by atoms with Crippen LogP contribution in [0.4, 0.5) is 13.2 Å². The first-order valence-corrected chi connectivity index (χ1v) is 9.45. The van der Waals surface area contributed by atoms with E-state index in [9.17, 15) is 21.6 Å². The molecule has 0 aliphatic heterocycles. The van der Waals surface area contributed by atoms with Crippen LogP contribution in [-0.4, -0.2) is 15.0 Å². The van der Waals surface area contributed by atoms with Gasteiger partial charge in [0.2, 0.25) is 10.0 Å².